The lowest BCUT2D eigenvalue weighted by molar-refractivity contribution is 0.0530. The van der Waals surface area contributed by atoms with Crippen molar-refractivity contribution >= 4 is 17.3 Å². The summed E-state index contributed by atoms with van der Waals surface area (Å²) >= 11 is 0. The van der Waals surface area contributed by atoms with Gasteiger partial charge in [-0.2, -0.15) is 0 Å². The molecule has 0 aromatic heterocycles. The standard InChI is InChI=1S/C18H24FN5O/c1-20-15-11-14(23-18(22-3)17(15)21-2)12-4-5-16(13(19)10-12)24-6-8-25-9-7-24/h5,10-12H,4,6-9H2,1-3H3,(H,22,23)/b20-15-,21-17+. The van der Waals surface area contributed by atoms with Gasteiger partial charge in [0.25, 0.3) is 0 Å². The largest absolute Gasteiger partial charge is 0.378 e. The third kappa shape index (κ3) is 3.56. The number of amidine groups is 1. The molecule has 0 spiro atoms. The van der Waals surface area contributed by atoms with Gasteiger partial charge in [0.1, 0.15) is 11.5 Å². The molecular weight excluding hydrogens is 321 g/mol. The SMILES string of the molecule is C/N=C1/C=C(C2C=C(F)C(N3CCOCC3)=CC2)N=C(NC)/C1=N/C. The minimum Gasteiger partial charge on any atom is -0.378 e. The van der Waals surface area contributed by atoms with Crippen molar-refractivity contribution in [1.29, 1.82) is 0 Å². The summed E-state index contributed by atoms with van der Waals surface area (Å²) in [4.78, 5) is 15.2. The number of nitrogens with one attached hydrogen (secondary N) is 1. The molecule has 1 unspecified atom stereocenters. The Bertz CT molecular complexity index is 711. The molecule has 134 valence electrons. The number of allylic oxidation sites excluding steroid dienone is 4. The first-order valence-corrected chi connectivity index (χ1v) is 8.50. The van der Waals surface area contributed by atoms with Crippen LogP contribution in [0.25, 0.3) is 0 Å². The highest BCUT2D eigenvalue weighted by Crippen LogP contribution is 2.32. The number of nitrogens with zero attached hydrogens (tertiary/aromatic N) is 4. The first-order valence-electron chi connectivity index (χ1n) is 8.50. The average Bonchev–Trinajstić information content (AvgIpc) is 2.67. The number of hydrogen-bond acceptors (Lipinski definition) is 6. The molecule has 2 aliphatic heterocycles. The maximum atomic E-state index is 14.7. The van der Waals surface area contributed by atoms with Gasteiger partial charge in [-0.3, -0.25) is 9.98 Å². The van der Waals surface area contributed by atoms with Gasteiger partial charge in [0, 0.05) is 40.2 Å². The van der Waals surface area contributed by atoms with Crippen LogP contribution < -0.4 is 5.32 Å². The minimum atomic E-state index is -0.190. The van der Waals surface area contributed by atoms with Crippen molar-refractivity contribution in [1.82, 2.24) is 10.2 Å². The van der Waals surface area contributed by atoms with Crippen molar-refractivity contribution < 1.29 is 9.13 Å². The molecule has 0 amide bonds. The number of hydrogen-bond donors (Lipinski definition) is 1. The van der Waals surface area contributed by atoms with E-state index in [1.807, 2.05) is 17.1 Å². The molecule has 0 radical (unpaired) electrons. The first kappa shape index (κ1) is 17.5. The van der Waals surface area contributed by atoms with Crippen LogP contribution in [0.5, 0.6) is 0 Å². The first-order chi connectivity index (χ1) is 12.2. The quantitative estimate of drug-likeness (QED) is 0.829. The van der Waals surface area contributed by atoms with E-state index in [1.165, 1.54) is 0 Å². The maximum Gasteiger partial charge on any atom is 0.153 e. The van der Waals surface area contributed by atoms with Crippen LogP contribution in [0.4, 0.5) is 4.39 Å². The third-order valence-electron chi connectivity index (χ3n) is 4.58. The summed E-state index contributed by atoms with van der Waals surface area (Å²) in [5.74, 6) is 0.367. The molecule has 0 aromatic rings. The van der Waals surface area contributed by atoms with E-state index in [0.717, 1.165) is 30.2 Å². The summed E-state index contributed by atoms with van der Waals surface area (Å²) in [7, 11) is 5.23. The fourth-order valence-electron chi connectivity index (χ4n) is 3.26. The second kappa shape index (κ2) is 7.74. The van der Waals surface area contributed by atoms with Gasteiger partial charge in [0.05, 0.1) is 30.3 Å². The van der Waals surface area contributed by atoms with Gasteiger partial charge in [-0.1, -0.05) is 6.08 Å². The van der Waals surface area contributed by atoms with Crippen LogP contribution in [-0.4, -0.2) is 69.6 Å². The molecule has 25 heavy (non-hydrogen) atoms. The second-order valence-corrected chi connectivity index (χ2v) is 6.01. The van der Waals surface area contributed by atoms with Gasteiger partial charge in [0.15, 0.2) is 5.84 Å². The summed E-state index contributed by atoms with van der Waals surface area (Å²) in [6.45, 7) is 2.74. The van der Waals surface area contributed by atoms with Gasteiger partial charge in [-0.05, 0) is 18.6 Å². The van der Waals surface area contributed by atoms with Crippen molar-refractivity contribution in [2.45, 2.75) is 6.42 Å². The van der Waals surface area contributed by atoms with Crippen LogP contribution >= 0.6 is 0 Å². The Morgan fingerprint density at radius 2 is 2.04 bits per heavy atom. The molecule has 3 rings (SSSR count). The molecule has 1 aliphatic carbocycles. The zero-order chi connectivity index (χ0) is 17.8. The Morgan fingerprint density at radius 1 is 1.28 bits per heavy atom. The normalized spacial score (nSPS) is 27.7. The van der Waals surface area contributed by atoms with E-state index in [2.05, 4.69) is 20.3 Å². The van der Waals surface area contributed by atoms with Crippen LogP contribution in [-0.2, 0) is 4.74 Å². The molecule has 1 saturated heterocycles. The number of halogens is 1. The zero-order valence-corrected chi connectivity index (χ0v) is 14.9. The second-order valence-electron chi connectivity index (χ2n) is 6.01. The van der Waals surface area contributed by atoms with Crippen molar-refractivity contribution in [2.24, 2.45) is 20.9 Å². The van der Waals surface area contributed by atoms with E-state index in [0.29, 0.717) is 31.2 Å². The van der Waals surface area contributed by atoms with E-state index < -0.39 is 0 Å². The number of ether oxygens (including phenoxy) is 1. The predicted molar refractivity (Wildman–Crippen MR) is 99.1 cm³/mol. The van der Waals surface area contributed by atoms with Crippen LogP contribution in [0.15, 0.2) is 50.4 Å². The minimum absolute atomic E-state index is 0.108. The fourth-order valence-corrected chi connectivity index (χ4v) is 3.26. The highest BCUT2D eigenvalue weighted by molar-refractivity contribution is 6.71. The topological polar surface area (TPSA) is 61.6 Å². The van der Waals surface area contributed by atoms with Gasteiger partial charge < -0.3 is 15.0 Å². The van der Waals surface area contributed by atoms with Crippen molar-refractivity contribution in [3.63, 3.8) is 0 Å². The van der Waals surface area contributed by atoms with E-state index in [4.69, 9.17) is 4.74 Å². The Hall–Kier alpha value is -2.28. The van der Waals surface area contributed by atoms with Crippen LogP contribution in [0, 0.1) is 5.92 Å². The molecule has 7 heteroatoms. The van der Waals surface area contributed by atoms with E-state index >= 15 is 0 Å². The Balaban J connectivity index is 1.83. The lowest BCUT2D eigenvalue weighted by atomic mass is 9.92. The predicted octanol–water partition coefficient (Wildman–Crippen LogP) is 1.73. The lowest BCUT2D eigenvalue weighted by Gasteiger charge is -2.32. The van der Waals surface area contributed by atoms with E-state index in [1.54, 1.807) is 27.2 Å². The van der Waals surface area contributed by atoms with Gasteiger partial charge in [0.2, 0.25) is 0 Å². The maximum absolute atomic E-state index is 14.7. The molecule has 0 bridgehead atoms. The fraction of sp³-hybridized carbons (Fsp3) is 0.500. The molecule has 0 saturated carbocycles. The summed E-state index contributed by atoms with van der Waals surface area (Å²) in [6.07, 6.45) is 6.23. The summed E-state index contributed by atoms with van der Waals surface area (Å²) < 4.78 is 20.0. The van der Waals surface area contributed by atoms with E-state index in [9.17, 15) is 4.39 Å². The third-order valence-corrected chi connectivity index (χ3v) is 4.58. The molecule has 0 aromatic carbocycles. The van der Waals surface area contributed by atoms with Crippen LogP contribution in [0.1, 0.15) is 6.42 Å². The molecule has 3 aliphatic rings. The molecule has 2 heterocycles. The average molecular weight is 345 g/mol. The Labute approximate surface area is 147 Å². The van der Waals surface area contributed by atoms with Gasteiger partial charge >= 0.3 is 0 Å². The Kier molecular flexibility index (Phi) is 5.43. The number of rotatable bonds is 2. The highest BCUT2D eigenvalue weighted by Gasteiger charge is 2.27. The molecule has 1 atom stereocenters. The van der Waals surface area contributed by atoms with Crippen molar-refractivity contribution in [3.8, 4) is 0 Å². The molecular formula is C18H24FN5O. The van der Waals surface area contributed by atoms with E-state index in [-0.39, 0.29) is 11.7 Å². The monoisotopic (exact) mass is 345 g/mol. The van der Waals surface area contributed by atoms with Gasteiger partial charge in [-0.25, -0.2) is 9.38 Å². The van der Waals surface area contributed by atoms with Crippen molar-refractivity contribution in [2.75, 3.05) is 47.4 Å². The smallest absolute Gasteiger partial charge is 0.153 e. The lowest BCUT2D eigenvalue weighted by Crippen LogP contribution is -2.37. The highest BCUT2D eigenvalue weighted by atomic mass is 19.1. The molecule has 1 fully saturated rings. The van der Waals surface area contributed by atoms with Crippen molar-refractivity contribution in [3.05, 3.63) is 35.4 Å². The summed E-state index contributed by atoms with van der Waals surface area (Å²) in [6, 6.07) is 0. The molecule has 6 nitrogen and oxygen atoms in total. The molecule has 1 N–H and O–H groups in total. The summed E-state index contributed by atoms with van der Waals surface area (Å²) in [5.41, 5.74) is 2.95. The summed E-state index contributed by atoms with van der Waals surface area (Å²) in [5, 5.41) is 3.06. The Morgan fingerprint density at radius 3 is 2.64 bits per heavy atom. The van der Waals surface area contributed by atoms with Crippen LogP contribution in [0.3, 0.4) is 0 Å². The number of aliphatic imine (C=N–C) groups is 3. The zero-order valence-electron chi connectivity index (χ0n) is 14.9. The van der Waals surface area contributed by atoms with Gasteiger partial charge in [-0.15, -0.1) is 0 Å². The number of morpholine rings is 1. The van der Waals surface area contributed by atoms with Crippen LogP contribution in [0.2, 0.25) is 0 Å².